The number of rotatable bonds is 5. The summed E-state index contributed by atoms with van der Waals surface area (Å²) in [5.74, 6) is 1.60. The van der Waals surface area contributed by atoms with Crippen molar-refractivity contribution in [2.24, 2.45) is 5.10 Å². The van der Waals surface area contributed by atoms with Gasteiger partial charge in [-0.25, -0.2) is 0 Å². The first-order valence-electron chi connectivity index (χ1n) is 7.11. The fraction of sp³-hybridized carbons (Fsp3) is 0.118. The average Bonchev–Trinajstić information content (AvgIpc) is 2.93. The van der Waals surface area contributed by atoms with Crippen LogP contribution < -0.4 is 0 Å². The van der Waals surface area contributed by atoms with Crippen molar-refractivity contribution in [3.05, 3.63) is 76.0 Å². The van der Waals surface area contributed by atoms with Gasteiger partial charge in [0.1, 0.15) is 0 Å². The van der Waals surface area contributed by atoms with Crippen LogP contribution in [0.3, 0.4) is 0 Å². The predicted molar refractivity (Wildman–Crippen MR) is 97.9 cm³/mol. The highest BCUT2D eigenvalue weighted by Crippen LogP contribution is 2.22. The fourth-order valence-electron chi connectivity index (χ4n) is 1.95. The van der Waals surface area contributed by atoms with E-state index in [1.165, 1.54) is 5.56 Å². The van der Waals surface area contributed by atoms with Crippen LogP contribution >= 0.6 is 27.7 Å². The monoisotopic (exact) mass is 386 g/mol. The summed E-state index contributed by atoms with van der Waals surface area (Å²) < 4.78 is 2.86. The van der Waals surface area contributed by atoms with Gasteiger partial charge in [-0.3, -0.25) is 0 Å². The lowest BCUT2D eigenvalue weighted by Crippen LogP contribution is -1.96. The third-order valence-corrected chi connectivity index (χ3v) is 4.69. The molecule has 1 heterocycles. The second kappa shape index (κ2) is 7.57. The Morgan fingerprint density at radius 1 is 1.09 bits per heavy atom. The van der Waals surface area contributed by atoms with Gasteiger partial charge in [0.2, 0.25) is 5.16 Å². The van der Waals surface area contributed by atoms with Crippen molar-refractivity contribution in [2.75, 3.05) is 0 Å². The lowest BCUT2D eigenvalue weighted by molar-refractivity contribution is 0.744. The summed E-state index contributed by atoms with van der Waals surface area (Å²) in [5.41, 5.74) is 2.28. The van der Waals surface area contributed by atoms with Crippen molar-refractivity contribution in [3.8, 4) is 0 Å². The molecule has 0 saturated carbocycles. The predicted octanol–water partition coefficient (Wildman–Crippen LogP) is 4.52. The highest BCUT2D eigenvalue weighted by Gasteiger charge is 2.08. The van der Waals surface area contributed by atoms with Gasteiger partial charge in [0.15, 0.2) is 5.82 Å². The van der Waals surface area contributed by atoms with Gasteiger partial charge in [-0.05, 0) is 30.2 Å². The summed E-state index contributed by atoms with van der Waals surface area (Å²) in [7, 11) is 0. The van der Waals surface area contributed by atoms with E-state index >= 15 is 0 Å². The van der Waals surface area contributed by atoms with Gasteiger partial charge in [-0.1, -0.05) is 70.2 Å². The lowest BCUT2D eigenvalue weighted by Gasteiger charge is -2.03. The Morgan fingerprint density at radius 3 is 2.57 bits per heavy atom. The molecule has 0 aliphatic rings. The third-order valence-electron chi connectivity index (χ3n) is 3.17. The van der Waals surface area contributed by atoms with E-state index in [2.05, 4.69) is 43.4 Å². The average molecular weight is 387 g/mol. The molecule has 0 amide bonds. The Bertz CT molecular complexity index is 797. The van der Waals surface area contributed by atoms with E-state index in [0.29, 0.717) is 0 Å². The normalized spacial score (nSPS) is 11.2. The van der Waals surface area contributed by atoms with Gasteiger partial charge in [0, 0.05) is 10.2 Å². The summed E-state index contributed by atoms with van der Waals surface area (Å²) in [4.78, 5) is 0. The van der Waals surface area contributed by atoms with E-state index in [1.54, 1.807) is 16.4 Å². The van der Waals surface area contributed by atoms with Crippen molar-refractivity contribution in [3.63, 3.8) is 0 Å². The van der Waals surface area contributed by atoms with Crippen molar-refractivity contribution in [2.45, 2.75) is 17.8 Å². The number of benzene rings is 2. The minimum absolute atomic E-state index is 0.774. The smallest absolute Gasteiger partial charge is 0.192 e. The maximum absolute atomic E-state index is 4.50. The zero-order chi connectivity index (χ0) is 16.1. The summed E-state index contributed by atoms with van der Waals surface area (Å²) in [6.07, 6.45) is 1.82. The number of aryl methyl sites for hydroxylation is 1. The van der Waals surface area contributed by atoms with E-state index < -0.39 is 0 Å². The first-order chi connectivity index (χ1) is 11.2. The zero-order valence-electron chi connectivity index (χ0n) is 12.6. The first-order valence-corrected chi connectivity index (χ1v) is 8.89. The quantitative estimate of drug-likeness (QED) is 0.478. The summed E-state index contributed by atoms with van der Waals surface area (Å²) in [5, 5.41) is 13.6. The molecule has 3 aromatic rings. The Balaban J connectivity index is 1.73. The minimum atomic E-state index is 0.774. The number of halogens is 1. The highest BCUT2D eigenvalue weighted by atomic mass is 79.9. The molecule has 0 atom stereocenters. The molecule has 0 spiro atoms. The van der Waals surface area contributed by atoms with Gasteiger partial charge in [0.25, 0.3) is 0 Å². The molecule has 0 aliphatic carbocycles. The van der Waals surface area contributed by atoms with Gasteiger partial charge in [0.05, 0.1) is 6.21 Å². The molecular formula is C17H15BrN4S. The number of hydrogen-bond donors (Lipinski definition) is 0. The number of nitrogens with zero attached hydrogens (tertiary/aromatic N) is 4. The Kier molecular flexibility index (Phi) is 5.25. The second-order valence-corrected chi connectivity index (χ2v) is 6.77. The summed E-state index contributed by atoms with van der Waals surface area (Å²) >= 11 is 5.07. The van der Waals surface area contributed by atoms with Crippen LogP contribution in [0.2, 0.25) is 0 Å². The van der Waals surface area contributed by atoms with Gasteiger partial charge >= 0.3 is 0 Å². The van der Waals surface area contributed by atoms with Crippen molar-refractivity contribution >= 4 is 33.9 Å². The van der Waals surface area contributed by atoms with Crippen LogP contribution in [-0.4, -0.2) is 21.1 Å². The molecule has 1 aromatic heterocycles. The molecule has 3 rings (SSSR count). The Hall–Kier alpha value is -1.92. The van der Waals surface area contributed by atoms with Crippen LogP contribution in [0.1, 0.15) is 17.0 Å². The largest absolute Gasteiger partial charge is 0.212 e. The van der Waals surface area contributed by atoms with E-state index in [-0.39, 0.29) is 0 Å². The molecule has 0 N–H and O–H groups in total. The fourth-order valence-corrected chi connectivity index (χ4v) is 3.11. The SMILES string of the molecule is Cc1nnc(SCc2ccc(Br)cc2)n1N=Cc1ccccc1. The topological polar surface area (TPSA) is 43.1 Å². The standard InChI is InChI=1S/C17H15BrN4S/c1-13-20-21-17(23-12-15-7-9-16(18)10-8-15)22(13)19-11-14-5-3-2-4-6-14/h2-11H,12H2,1H3. The molecule has 6 heteroatoms. The molecule has 2 aromatic carbocycles. The minimum Gasteiger partial charge on any atom is -0.192 e. The van der Waals surface area contributed by atoms with E-state index in [1.807, 2.05) is 55.6 Å². The second-order valence-electron chi connectivity index (χ2n) is 4.91. The third kappa shape index (κ3) is 4.30. The van der Waals surface area contributed by atoms with Crippen molar-refractivity contribution < 1.29 is 0 Å². The van der Waals surface area contributed by atoms with Crippen molar-refractivity contribution in [1.29, 1.82) is 0 Å². The van der Waals surface area contributed by atoms with Crippen LogP contribution in [0.15, 0.2) is 69.3 Å². The molecule has 116 valence electrons. The van der Waals surface area contributed by atoms with Gasteiger partial charge < -0.3 is 0 Å². The molecule has 0 unspecified atom stereocenters. The van der Waals surface area contributed by atoms with Crippen LogP contribution in [-0.2, 0) is 5.75 Å². The maximum atomic E-state index is 4.50. The van der Waals surface area contributed by atoms with Crippen LogP contribution in [0.4, 0.5) is 0 Å². The molecule has 0 aliphatic heterocycles. The highest BCUT2D eigenvalue weighted by molar-refractivity contribution is 9.10. The lowest BCUT2D eigenvalue weighted by atomic mass is 10.2. The maximum Gasteiger partial charge on any atom is 0.212 e. The summed E-state index contributed by atoms with van der Waals surface area (Å²) in [6.45, 7) is 1.90. The van der Waals surface area contributed by atoms with Crippen LogP contribution in [0.5, 0.6) is 0 Å². The van der Waals surface area contributed by atoms with E-state index in [9.17, 15) is 0 Å². The molecule has 0 saturated heterocycles. The van der Waals surface area contributed by atoms with Crippen molar-refractivity contribution in [1.82, 2.24) is 14.9 Å². The first kappa shape index (κ1) is 16.0. The number of aromatic nitrogens is 3. The summed E-state index contributed by atoms with van der Waals surface area (Å²) in [6, 6.07) is 18.3. The van der Waals surface area contributed by atoms with E-state index in [4.69, 9.17) is 0 Å². The number of hydrogen-bond acceptors (Lipinski definition) is 4. The Morgan fingerprint density at radius 2 is 1.83 bits per heavy atom. The molecule has 0 radical (unpaired) electrons. The zero-order valence-corrected chi connectivity index (χ0v) is 15.0. The molecule has 4 nitrogen and oxygen atoms in total. The van der Waals surface area contributed by atoms with Crippen LogP contribution in [0, 0.1) is 6.92 Å². The van der Waals surface area contributed by atoms with Gasteiger partial charge in [-0.2, -0.15) is 9.78 Å². The Labute approximate surface area is 147 Å². The molecule has 0 bridgehead atoms. The van der Waals surface area contributed by atoms with Gasteiger partial charge in [-0.15, -0.1) is 10.2 Å². The molecule has 0 fully saturated rings. The molecule has 23 heavy (non-hydrogen) atoms. The molecular weight excluding hydrogens is 372 g/mol. The van der Waals surface area contributed by atoms with Crippen LogP contribution in [0.25, 0.3) is 0 Å². The number of thioether (sulfide) groups is 1. The van der Waals surface area contributed by atoms with E-state index in [0.717, 1.165) is 26.8 Å².